The molecule has 0 radical (unpaired) electrons. The lowest BCUT2D eigenvalue weighted by molar-refractivity contribution is -0.122. The van der Waals surface area contributed by atoms with Gasteiger partial charge < -0.3 is 16.4 Å². The van der Waals surface area contributed by atoms with Crippen molar-refractivity contribution in [1.29, 1.82) is 0 Å². The number of nitrogens with zero attached hydrogens (tertiary/aromatic N) is 1. The van der Waals surface area contributed by atoms with Gasteiger partial charge in [0.15, 0.2) is 0 Å². The van der Waals surface area contributed by atoms with E-state index in [-0.39, 0.29) is 11.9 Å². The van der Waals surface area contributed by atoms with Crippen LogP contribution in [0.2, 0.25) is 0 Å². The SMILES string of the molecule is Nc1cc2cn[nH]c2cc1NC1CCC(=O)NC1. The zero-order chi connectivity index (χ0) is 12.5. The molecular weight excluding hydrogens is 230 g/mol. The molecule has 1 aromatic heterocycles. The lowest BCUT2D eigenvalue weighted by atomic mass is 10.1. The number of aromatic amines is 1. The van der Waals surface area contributed by atoms with Gasteiger partial charge in [0.1, 0.15) is 0 Å². The molecule has 0 spiro atoms. The molecule has 1 amide bonds. The Morgan fingerprint density at radius 1 is 1.44 bits per heavy atom. The minimum Gasteiger partial charge on any atom is -0.397 e. The second kappa shape index (κ2) is 4.21. The van der Waals surface area contributed by atoms with Crippen molar-refractivity contribution < 1.29 is 4.79 Å². The zero-order valence-corrected chi connectivity index (χ0v) is 9.86. The van der Waals surface area contributed by atoms with Gasteiger partial charge in [0.05, 0.1) is 23.1 Å². The predicted octanol–water partition coefficient (Wildman–Crippen LogP) is 0.836. The van der Waals surface area contributed by atoms with E-state index >= 15 is 0 Å². The van der Waals surface area contributed by atoms with Crippen LogP contribution in [0.3, 0.4) is 0 Å². The van der Waals surface area contributed by atoms with Gasteiger partial charge in [0.25, 0.3) is 0 Å². The molecule has 1 fully saturated rings. The largest absolute Gasteiger partial charge is 0.397 e. The summed E-state index contributed by atoms with van der Waals surface area (Å²) in [5, 5.41) is 14.1. The van der Waals surface area contributed by atoms with Crippen LogP contribution >= 0.6 is 0 Å². The van der Waals surface area contributed by atoms with E-state index in [0.29, 0.717) is 18.7 Å². The monoisotopic (exact) mass is 245 g/mol. The number of rotatable bonds is 2. The first-order valence-corrected chi connectivity index (χ1v) is 5.98. The fourth-order valence-electron chi connectivity index (χ4n) is 2.21. The Morgan fingerprint density at radius 3 is 3.11 bits per heavy atom. The summed E-state index contributed by atoms with van der Waals surface area (Å²) in [6, 6.07) is 4.07. The van der Waals surface area contributed by atoms with Crippen molar-refractivity contribution in [3.05, 3.63) is 18.3 Å². The Hall–Kier alpha value is -2.24. The van der Waals surface area contributed by atoms with Crippen molar-refractivity contribution >= 4 is 28.2 Å². The van der Waals surface area contributed by atoms with Gasteiger partial charge in [-0.25, -0.2) is 0 Å². The van der Waals surface area contributed by atoms with E-state index in [2.05, 4.69) is 20.8 Å². The maximum Gasteiger partial charge on any atom is 0.220 e. The number of nitrogen functional groups attached to an aromatic ring is 1. The number of nitrogens with two attached hydrogens (primary N) is 1. The highest BCUT2D eigenvalue weighted by atomic mass is 16.1. The van der Waals surface area contributed by atoms with Crippen LogP contribution in [0, 0.1) is 0 Å². The van der Waals surface area contributed by atoms with Gasteiger partial charge in [0, 0.05) is 24.4 Å². The fraction of sp³-hybridized carbons (Fsp3) is 0.333. The summed E-state index contributed by atoms with van der Waals surface area (Å²) >= 11 is 0. The smallest absolute Gasteiger partial charge is 0.220 e. The lowest BCUT2D eigenvalue weighted by Gasteiger charge is -2.25. The van der Waals surface area contributed by atoms with Gasteiger partial charge in [-0.05, 0) is 18.6 Å². The molecule has 1 atom stereocenters. The molecule has 1 unspecified atom stereocenters. The number of carbonyl (C=O) groups is 1. The Kier molecular flexibility index (Phi) is 2.55. The van der Waals surface area contributed by atoms with Crippen LogP contribution in [0.5, 0.6) is 0 Å². The number of hydrogen-bond donors (Lipinski definition) is 4. The first kappa shape index (κ1) is 10.9. The summed E-state index contributed by atoms with van der Waals surface area (Å²) in [7, 11) is 0. The van der Waals surface area contributed by atoms with Gasteiger partial charge in [-0.3, -0.25) is 9.89 Å². The maximum atomic E-state index is 11.1. The predicted molar refractivity (Wildman–Crippen MR) is 70.2 cm³/mol. The van der Waals surface area contributed by atoms with Gasteiger partial charge in [-0.2, -0.15) is 5.10 Å². The van der Waals surface area contributed by atoms with E-state index in [1.54, 1.807) is 6.20 Å². The van der Waals surface area contributed by atoms with Gasteiger partial charge in [-0.1, -0.05) is 0 Å². The molecule has 0 saturated carbocycles. The summed E-state index contributed by atoms with van der Waals surface area (Å²) in [5.41, 5.74) is 8.53. The zero-order valence-electron chi connectivity index (χ0n) is 9.86. The number of benzene rings is 1. The topological polar surface area (TPSA) is 95.8 Å². The number of carbonyl (C=O) groups excluding carboxylic acids is 1. The highest BCUT2D eigenvalue weighted by molar-refractivity contribution is 5.88. The number of anilines is 2. The second-order valence-corrected chi connectivity index (χ2v) is 4.58. The van der Waals surface area contributed by atoms with Crippen LogP contribution in [-0.4, -0.2) is 28.7 Å². The van der Waals surface area contributed by atoms with Crippen molar-refractivity contribution in [3.63, 3.8) is 0 Å². The third kappa shape index (κ3) is 1.97. The van der Waals surface area contributed by atoms with Crippen molar-refractivity contribution in [1.82, 2.24) is 15.5 Å². The van der Waals surface area contributed by atoms with Crippen molar-refractivity contribution in [2.24, 2.45) is 0 Å². The number of hydrogen-bond acceptors (Lipinski definition) is 4. The third-order valence-electron chi connectivity index (χ3n) is 3.24. The van der Waals surface area contributed by atoms with E-state index < -0.39 is 0 Å². The molecule has 2 heterocycles. The molecule has 94 valence electrons. The number of fused-ring (bicyclic) bond motifs is 1. The summed E-state index contributed by atoms with van der Waals surface area (Å²) in [5.74, 6) is 0.116. The third-order valence-corrected chi connectivity index (χ3v) is 3.24. The van der Waals surface area contributed by atoms with Gasteiger partial charge in [-0.15, -0.1) is 0 Å². The molecule has 18 heavy (non-hydrogen) atoms. The summed E-state index contributed by atoms with van der Waals surface area (Å²) < 4.78 is 0. The van der Waals surface area contributed by atoms with Crippen LogP contribution in [0.25, 0.3) is 10.9 Å². The van der Waals surface area contributed by atoms with Crippen molar-refractivity contribution in [2.75, 3.05) is 17.6 Å². The first-order valence-electron chi connectivity index (χ1n) is 5.98. The van der Waals surface area contributed by atoms with E-state index in [4.69, 9.17) is 5.73 Å². The first-order chi connectivity index (χ1) is 8.72. The Balaban J connectivity index is 1.81. The minimum absolute atomic E-state index is 0.116. The number of nitrogens with one attached hydrogen (secondary N) is 3. The molecule has 5 N–H and O–H groups in total. The minimum atomic E-state index is 0.116. The van der Waals surface area contributed by atoms with E-state index in [1.165, 1.54) is 0 Å². The molecule has 6 heteroatoms. The molecule has 6 nitrogen and oxygen atoms in total. The van der Waals surface area contributed by atoms with Crippen molar-refractivity contribution in [2.45, 2.75) is 18.9 Å². The molecule has 1 saturated heterocycles. The average Bonchev–Trinajstić information content (AvgIpc) is 2.79. The highest BCUT2D eigenvalue weighted by Crippen LogP contribution is 2.26. The summed E-state index contributed by atoms with van der Waals surface area (Å²) in [6.45, 7) is 0.638. The van der Waals surface area contributed by atoms with Crippen LogP contribution in [0.15, 0.2) is 18.3 Å². The van der Waals surface area contributed by atoms with E-state index in [0.717, 1.165) is 23.0 Å². The van der Waals surface area contributed by atoms with Gasteiger partial charge >= 0.3 is 0 Å². The fourth-order valence-corrected chi connectivity index (χ4v) is 2.21. The van der Waals surface area contributed by atoms with Crippen LogP contribution < -0.4 is 16.4 Å². The normalized spacial score (nSPS) is 19.8. The van der Waals surface area contributed by atoms with Gasteiger partial charge in [0.2, 0.25) is 5.91 Å². The maximum absolute atomic E-state index is 11.1. The van der Waals surface area contributed by atoms with Crippen molar-refractivity contribution in [3.8, 4) is 0 Å². The molecule has 1 aliphatic rings. The molecular formula is C12H15N5O. The number of aromatic nitrogens is 2. The molecule has 2 aromatic rings. The highest BCUT2D eigenvalue weighted by Gasteiger charge is 2.18. The summed E-state index contributed by atoms with van der Waals surface area (Å²) in [6.07, 6.45) is 3.13. The average molecular weight is 245 g/mol. The molecule has 1 aliphatic heterocycles. The van der Waals surface area contributed by atoms with E-state index in [1.807, 2.05) is 12.1 Å². The lowest BCUT2D eigenvalue weighted by Crippen LogP contribution is -2.41. The Morgan fingerprint density at radius 2 is 2.33 bits per heavy atom. The second-order valence-electron chi connectivity index (χ2n) is 4.58. The summed E-state index contributed by atoms with van der Waals surface area (Å²) in [4.78, 5) is 11.1. The van der Waals surface area contributed by atoms with Crippen LogP contribution in [0.4, 0.5) is 11.4 Å². The molecule has 3 rings (SSSR count). The molecule has 0 bridgehead atoms. The standard InChI is InChI=1S/C12H15N5O/c13-9-3-7-5-15-17-10(7)4-11(9)16-8-1-2-12(18)14-6-8/h3-5,8,16H,1-2,6,13H2,(H,14,18)(H,15,17). The quantitative estimate of drug-likeness (QED) is 0.589. The molecule has 0 aliphatic carbocycles. The van der Waals surface area contributed by atoms with Crippen LogP contribution in [-0.2, 0) is 4.79 Å². The molecule has 1 aromatic carbocycles. The number of H-pyrrole nitrogens is 1. The van der Waals surface area contributed by atoms with E-state index in [9.17, 15) is 4.79 Å². The number of amides is 1. The Bertz CT molecular complexity index is 581. The number of piperidine rings is 1. The van der Waals surface area contributed by atoms with Crippen LogP contribution in [0.1, 0.15) is 12.8 Å². The Labute approximate surface area is 104 Å².